The fourth-order valence-electron chi connectivity index (χ4n) is 5.31. The summed E-state index contributed by atoms with van der Waals surface area (Å²) in [6, 6.07) is 1.96. The van der Waals surface area contributed by atoms with Crippen LogP contribution in [0, 0.1) is 17.8 Å². The van der Waals surface area contributed by atoms with Crippen molar-refractivity contribution in [3.05, 3.63) is 17.2 Å². The Bertz CT molecular complexity index is 788. The van der Waals surface area contributed by atoms with Crippen LogP contribution in [0.25, 0.3) is 0 Å². The SMILES string of the molecule is CC1CCN1c1nc(N2CC3C(CC(=O)O)C3C2)cc2c1CCCC2(F)F. The van der Waals surface area contributed by atoms with Crippen LogP contribution in [0.2, 0.25) is 0 Å². The smallest absolute Gasteiger partial charge is 0.303 e. The number of nitrogens with zero attached hydrogens (tertiary/aromatic N) is 3. The second-order valence-electron chi connectivity index (χ2n) is 8.71. The topological polar surface area (TPSA) is 56.7 Å². The van der Waals surface area contributed by atoms with Crippen LogP contribution in [0.5, 0.6) is 0 Å². The fourth-order valence-corrected chi connectivity index (χ4v) is 5.31. The number of rotatable bonds is 4. The van der Waals surface area contributed by atoms with Gasteiger partial charge in [0.05, 0.1) is 0 Å². The van der Waals surface area contributed by atoms with Gasteiger partial charge < -0.3 is 14.9 Å². The summed E-state index contributed by atoms with van der Waals surface area (Å²) in [4.78, 5) is 20.0. The van der Waals surface area contributed by atoms with E-state index < -0.39 is 11.9 Å². The molecule has 2 saturated heterocycles. The minimum atomic E-state index is -2.79. The summed E-state index contributed by atoms with van der Waals surface area (Å²) in [5, 5.41) is 8.99. The normalized spacial score (nSPS) is 33.3. The van der Waals surface area contributed by atoms with E-state index in [1.807, 2.05) is 0 Å². The molecule has 3 fully saturated rings. The molecule has 0 bridgehead atoms. The summed E-state index contributed by atoms with van der Waals surface area (Å²) < 4.78 is 29.4. The van der Waals surface area contributed by atoms with E-state index >= 15 is 0 Å². The summed E-state index contributed by atoms with van der Waals surface area (Å²) in [5.41, 5.74) is 0.894. The first-order valence-electron chi connectivity index (χ1n) is 10.0. The van der Waals surface area contributed by atoms with Gasteiger partial charge in [-0.05, 0) is 50.0 Å². The first-order chi connectivity index (χ1) is 12.8. The van der Waals surface area contributed by atoms with Crippen molar-refractivity contribution < 1.29 is 18.7 Å². The van der Waals surface area contributed by atoms with Gasteiger partial charge in [-0.1, -0.05) is 0 Å². The van der Waals surface area contributed by atoms with Crippen LogP contribution in [0.4, 0.5) is 20.4 Å². The van der Waals surface area contributed by atoms with Crippen molar-refractivity contribution in [2.24, 2.45) is 17.8 Å². The number of aliphatic carboxylic acids is 1. The molecule has 146 valence electrons. The van der Waals surface area contributed by atoms with Gasteiger partial charge in [0.25, 0.3) is 5.92 Å². The lowest BCUT2D eigenvalue weighted by molar-refractivity contribution is -0.137. The number of pyridine rings is 1. The van der Waals surface area contributed by atoms with Crippen molar-refractivity contribution in [2.45, 2.75) is 51.0 Å². The Hall–Kier alpha value is -1.92. The highest BCUT2D eigenvalue weighted by Crippen LogP contribution is 2.55. The molecule has 27 heavy (non-hydrogen) atoms. The fraction of sp³-hybridized carbons (Fsp3) is 0.700. The molecule has 1 aromatic heterocycles. The van der Waals surface area contributed by atoms with Gasteiger partial charge in [-0.3, -0.25) is 4.79 Å². The van der Waals surface area contributed by atoms with E-state index in [4.69, 9.17) is 10.1 Å². The number of carboxylic acid groups (broad SMARTS) is 1. The van der Waals surface area contributed by atoms with Crippen molar-refractivity contribution >= 4 is 17.6 Å². The maximum absolute atomic E-state index is 14.7. The molecular weight excluding hydrogens is 352 g/mol. The second kappa shape index (κ2) is 5.79. The number of alkyl halides is 2. The maximum atomic E-state index is 14.7. The Morgan fingerprint density at radius 3 is 2.70 bits per heavy atom. The zero-order valence-electron chi connectivity index (χ0n) is 15.5. The largest absolute Gasteiger partial charge is 0.481 e. The Balaban J connectivity index is 1.46. The molecule has 0 aromatic carbocycles. The van der Waals surface area contributed by atoms with Gasteiger partial charge in [0.15, 0.2) is 0 Å². The van der Waals surface area contributed by atoms with Crippen LogP contribution in [-0.4, -0.2) is 41.7 Å². The highest BCUT2D eigenvalue weighted by Gasteiger charge is 2.56. The Labute approximate surface area is 157 Å². The van der Waals surface area contributed by atoms with E-state index in [1.54, 1.807) is 6.07 Å². The Kier molecular flexibility index (Phi) is 3.69. The third-order valence-corrected chi connectivity index (χ3v) is 7.10. The van der Waals surface area contributed by atoms with Gasteiger partial charge in [-0.25, -0.2) is 13.8 Å². The van der Waals surface area contributed by atoms with E-state index in [2.05, 4.69) is 16.7 Å². The predicted molar refractivity (Wildman–Crippen MR) is 97.4 cm³/mol. The molecule has 0 radical (unpaired) electrons. The zero-order chi connectivity index (χ0) is 18.9. The first kappa shape index (κ1) is 17.2. The number of anilines is 2. The van der Waals surface area contributed by atoms with Crippen LogP contribution in [0.15, 0.2) is 6.07 Å². The summed E-state index contributed by atoms with van der Waals surface area (Å²) in [6.45, 7) is 4.46. The first-order valence-corrected chi connectivity index (χ1v) is 10.0. The Morgan fingerprint density at radius 1 is 1.37 bits per heavy atom. The number of fused-ring (bicyclic) bond motifs is 2. The van der Waals surface area contributed by atoms with Crippen molar-refractivity contribution in [3.8, 4) is 0 Å². The zero-order valence-corrected chi connectivity index (χ0v) is 15.5. The lowest BCUT2D eigenvalue weighted by Crippen LogP contribution is -2.47. The van der Waals surface area contributed by atoms with Crippen molar-refractivity contribution in [1.82, 2.24) is 4.98 Å². The Morgan fingerprint density at radius 2 is 2.11 bits per heavy atom. The average molecular weight is 377 g/mol. The molecule has 3 unspecified atom stereocenters. The summed E-state index contributed by atoms with van der Waals surface area (Å²) in [6.07, 6.45) is 2.37. The van der Waals surface area contributed by atoms with Crippen LogP contribution in [0.3, 0.4) is 0 Å². The van der Waals surface area contributed by atoms with Gasteiger partial charge in [-0.2, -0.15) is 0 Å². The third kappa shape index (κ3) is 2.69. The number of hydrogen-bond donors (Lipinski definition) is 1. The third-order valence-electron chi connectivity index (χ3n) is 7.10. The minimum Gasteiger partial charge on any atom is -0.481 e. The lowest BCUT2D eigenvalue weighted by atomic mass is 9.88. The van der Waals surface area contributed by atoms with E-state index in [9.17, 15) is 13.6 Å². The van der Waals surface area contributed by atoms with E-state index in [-0.39, 0.29) is 24.3 Å². The quantitative estimate of drug-likeness (QED) is 0.873. The molecule has 0 amide bonds. The molecule has 7 heteroatoms. The number of halogens is 2. The molecule has 4 aliphatic rings. The van der Waals surface area contributed by atoms with Gasteiger partial charge >= 0.3 is 5.97 Å². The van der Waals surface area contributed by atoms with E-state index in [1.165, 1.54) is 0 Å². The molecule has 2 aliphatic carbocycles. The molecule has 1 aromatic rings. The summed E-state index contributed by atoms with van der Waals surface area (Å²) in [7, 11) is 0. The molecule has 2 aliphatic heterocycles. The van der Waals surface area contributed by atoms with Crippen LogP contribution in [-0.2, 0) is 17.1 Å². The standard InChI is InChI=1S/C20H25F2N3O2/c1-11-4-6-25(11)19-12-3-2-5-20(21,22)16(12)8-17(23-19)24-9-14-13(7-18(26)27)15(14)10-24/h8,11,13-15H,2-7,9-10H2,1H3,(H,26,27). The molecule has 3 atom stereocenters. The van der Waals surface area contributed by atoms with E-state index in [0.717, 1.165) is 37.4 Å². The van der Waals surface area contributed by atoms with Gasteiger partial charge in [0.2, 0.25) is 0 Å². The van der Waals surface area contributed by atoms with Gasteiger partial charge in [0.1, 0.15) is 11.6 Å². The van der Waals surface area contributed by atoms with Crippen molar-refractivity contribution in [1.29, 1.82) is 0 Å². The highest BCUT2D eigenvalue weighted by molar-refractivity contribution is 5.68. The summed E-state index contributed by atoms with van der Waals surface area (Å²) in [5.74, 6) is -1.16. The number of carboxylic acids is 1. The van der Waals surface area contributed by atoms with Crippen LogP contribution < -0.4 is 9.80 Å². The monoisotopic (exact) mass is 377 g/mol. The second-order valence-corrected chi connectivity index (χ2v) is 8.71. The van der Waals surface area contributed by atoms with Crippen LogP contribution in [0.1, 0.15) is 43.7 Å². The molecular formula is C20H25F2N3O2. The average Bonchev–Trinajstić information content (AvgIpc) is 3.03. The summed E-state index contributed by atoms with van der Waals surface area (Å²) >= 11 is 0. The number of hydrogen-bond acceptors (Lipinski definition) is 4. The maximum Gasteiger partial charge on any atom is 0.303 e. The lowest BCUT2D eigenvalue weighted by Gasteiger charge is -2.42. The molecule has 1 N–H and O–H groups in total. The predicted octanol–water partition coefficient (Wildman–Crippen LogP) is 3.27. The number of carbonyl (C=O) groups is 1. The molecule has 5 rings (SSSR count). The number of piperidine rings is 1. The molecule has 1 saturated carbocycles. The van der Waals surface area contributed by atoms with Gasteiger partial charge in [0, 0.05) is 49.6 Å². The van der Waals surface area contributed by atoms with Gasteiger partial charge in [-0.15, -0.1) is 0 Å². The molecule has 0 spiro atoms. The van der Waals surface area contributed by atoms with E-state index in [0.29, 0.717) is 36.5 Å². The minimum absolute atomic E-state index is 0.0929. The molecule has 5 nitrogen and oxygen atoms in total. The molecule has 3 heterocycles. The van der Waals surface area contributed by atoms with Crippen molar-refractivity contribution in [3.63, 3.8) is 0 Å². The van der Waals surface area contributed by atoms with Crippen molar-refractivity contribution in [2.75, 3.05) is 29.4 Å². The van der Waals surface area contributed by atoms with Crippen LogP contribution >= 0.6 is 0 Å². The highest BCUT2D eigenvalue weighted by atomic mass is 19.3. The number of aromatic nitrogens is 1.